The van der Waals surface area contributed by atoms with Crippen molar-refractivity contribution in [3.63, 3.8) is 0 Å². The van der Waals surface area contributed by atoms with E-state index in [4.69, 9.17) is 14.0 Å². The SMILES string of the molecule is Cc1noc(COc2ccccc2OCC(=O)NC(C)(C)C)n1. The van der Waals surface area contributed by atoms with Gasteiger partial charge < -0.3 is 19.3 Å². The van der Waals surface area contributed by atoms with E-state index >= 15 is 0 Å². The van der Waals surface area contributed by atoms with Crippen LogP contribution in [-0.4, -0.2) is 28.2 Å². The Kier molecular flexibility index (Phi) is 5.20. The molecule has 1 N–H and O–H groups in total. The second-order valence-corrected chi connectivity index (χ2v) is 6.06. The number of aryl methyl sites for hydroxylation is 1. The molecule has 2 aromatic rings. The molecule has 0 radical (unpaired) electrons. The first-order chi connectivity index (χ1) is 10.8. The lowest BCUT2D eigenvalue weighted by molar-refractivity contribution is -0.124. The second-order valence-electron chi connectivity index (χ2n) is 6.06. The van der Waals surface area contributed by atoms with Gasteiger partial charge in [0.25, 0.3) is 11.8 Å². The molecule has 0 unspecified atom stereocenters. The summed E-state index contributed by atoms with van der Waals surface area (Å²) in [5.41, 5.74) is -0.299. The molecule has 1 amide bonds. The maximum Gasteiger partial charge on any atom is 0.264 e. The largest absolute Gasteiger partial charge is 0.480 e. The van der Waals surface area contributed by atoms with Crippen LogP contribution in [0.4, 0.5) is 0 Å². The summed E-state index contributed by atoms with van der Waals surface area (Å²) < 4.78 is 16.1. The maximum absolute atomic E-state index is 11.8. The lowest BCUT2D eigenvalue weighted by atomic mass is 10.1. The molecule has 7 heteroatoms. The second kappa shape index (κ2) is 7.13. The molecule has 23 heavy (non-hydrogen) atoms. The average molecular weight is 319 g/mol. The number of benzene rings is 1. The van der Waals surface area contributed by atoms with E-state index in [9.17, 15) is 4.79 Å². The zero-order valence-corrected chi connectivity index (χ0v) is 13.8. The zero-order chi connectivity index (χ0) is 16.9. The van der Waals surface area contributed by atoms with Gasteiger partial charge in [0.2, 0.25) is 0 Å². The van der Waals surface area contributed by atoms with Gasteiger partial charge in [-0.15, -0.1) is 0 Å². The fourth-order valence-corrected chi connectivity index (χ4v) is 1.82. The number of carbonyl (C=O) groups excluding carboxylic acids is 1. The predicted molar refractivity (Wildman–Crippen MR) is 83.2 cm³/mol. The van der Waals surface area contributed by atoms with Gasteiger partial charge in [0, 0.05) is 5.54 Å². The zero-order valence-electron chi connectivity index (χ0n) is 13.8. The van der Waals surface area contributed by atoms with E-state index in [-0.39, 0.29) is 24.7 Å². The van der Waals surface area contributed by atoms with Crippen LogP contribution < -0.4 is 14.8 Å². The molecular formula is C16H21N3O4. The lowest BCUT2D eigenvalue weighted by Crippen LogP contribution is -2.43. The van der Waals surface area contributed by atoms with Gasteiger partial charge in [-0.3, -0.25) is 4.79 Å². The summed E-state index contributed by atoms with van der Waals surface area (Å²) in [7, 11) is 0. The molecule has 0 fully saturated rings. The number of nitrogens with one attached hydrogen (secondary N) is 1. The van der Waals surface area contributed by atoms with Crippen molar-refractivity contribution >= 4 is 5.91 Å². The Bertz CT molecular complexity index is 661. The quantitative estimate of drug-likeness (QED) is 0.879. The first-order valence-corrected chi connectivity index (χ1v) is 7.28. The van der Waals surface area contributed by atoms with E-state index in [0.717, 1.165) is 0 Å². The fourth-order valence-electron chi connectivity index (χ4n) is 1.82. The van der Waals surface area contributed by atoms with Crippen molar-refractivity contribution in [1.29, 1.82) is 0 Å². The van der Waals surface area contributed by atoms with Crippen LogP contribution in [0, 0.1) is 6.92 Å². The minimum absolute atomic E-state index is 0.0860. The maximum atomic E-state index is 11.8. The molecular weight excluding hydrogens is 298 g/mol. The molecule has 1 aromatic heterocycles. The third kappa shape index (κ3) is 5.61. The first-order valence-electron chi connectivity index (χ1n) is 7.28. The molecule has 0 saturated carbocycles. The number of aromatic nitrogens is 2. The summed E-state index contributed by atoms with van der Waals surface area (Å²) in [4.78, 5) is 15.9. The van der Waals surface area contributed by atoms with E-state index in [2.05, 4.69) is 15.5 Å². The Labute approximate surface area is 135 Å². The van der Waals surface area contributed by atoms with Crippen LogP contribution in [-0.2, 0) is 11.4 Å². The highest BCUT2D eigenvalue weighted by molar-refractivity contribution is 5.78. The van der Waals surface area contributed by atoms with Crippen molar-refractivity contribution in [2.45, 2.75) is 39.8 Å². The molecule has 2 rings (SSSR count). The summed E-state index contributed by atoms with van der Waals surface area (Å²) in [6, 6.07) is 7.11. The minimum atomic E-state index is -0.299. The van der Waals surface area contributed by atoms with E-state index in [1.807, 2.05) is 26.8 Å². The monoisotopic (exact) mass is 319 g/mol. The van der Waals surface area contributed by atoms with Gasteiger partial charge >= 0.3 is 0 Å². The van der Waals surface area contributed by atoms with Crippen LogP contribution in [0.5, 0.6) is 11.5 Å². The van der Waals surface area contributed by atoms with Crippen LogP contribution in [0.15, 0.2) is 28.8 Å². The predicted octanol–water partition coefficient (Wildman–Crippen LogP) is 2.25. The Morgan fingerprint density at radius 1 is 1.22 bits per heavy atom. The molecule has 0 aliphatic carbocycles. The summed E-state index contributed by atoms with van der Waals surface area (Å²) >= 11 is 0. The topological polar surface area (TPSA) is 86.5 Å². The van der Waals surface area contributed by atoms with Crippen molar-refractivity contribution < 1.29 is 18.8 Å². The van der Waals surface area contributed by atoms with Crippen LogP contribution in [0.2, 0.25) is 0 Å². The highest BCUT2D eigenvalue weighted by Crippen LogP contribution is 2.27. The van der Waals surface area contributed by atoms with Crippen molar-refractivity contribution in [3.8, 4) is 11.5 Å². The standard InChI is InChI=1S/C16H21N3O4/c1-11-17-15(23-19-11)10-22-13-8-6-5-7-12(13)21-9-14(20)18-16(2,3)4/h5-8H,9-10H2,1-4H3,(H,18,20). The molecule has 0 atom stereocenters. The number of carbonyl (C=O) groups is 1. The molecule has 1 heterocycles. The van der Waals surface area contributed by atoms with E-state index in [0.29, 0.717) is 23.2 Å². The van der Waals surface area contributed by atoms with Gasteiger partial charge in [0.05, 0.1) is 0 Å². The molecule has 7 nitrogen and oxygen atoms in total. The lowest BCUT2D eigenvalue weighted by Gasteiger charge is -2.20. The van der Waals surface area contributed by atoms with E-state index in [1.165, 1.54) is 0 Å². The van der Waals surface area contributed by atoms with Crippen molar-refractivity contribution in [2.75, 3.05) is 6.61 Å². The summed E-state index contributed by atoms with van der Waals surface area (Å²) in [5.74, 6) is 1.72. The van der Waals surface area contributed by atoms with Crippen LogP contribution in [0.3, 0.4) is 0 Å². The Morgan fingerprint density at radius 2 is 1.87 bits per heavy atom. The van der Waals surface area contributed by atoms with E-state index < -0.39 is 0 Å². The molecule has 0 spiro atoms. The van der Waals surface area contributed by atoms with Crippen LogP contribution >= 0.6 is 0 Å². The third-order valence-electron chi connectivity index (χ3n) is 2.64. The fraction of sp³-hybridized carbons (Fsp3) is 0.438. The molecule has 1 aromatic carbocycles. The van der Waals surface area contributed by atoms with E-state index in [1.54, 1.807) is 25.1 Å². The Morgan fingerprint density at radius 3 is 2.43 bits per heavy atom. The van der Waals surface area contributed by atoms with Gasteiger partial charge in [-0.25, -0.2) is 0 Å². The highest BCUT2D eigenvalue weighted by Gasteiger charge is 2.15. The van der Waals surface area contributed by atoms with Crippen molar-refractivity contribution in [2.24, 2.45) is 0 Å². The van der Waals surface area contributed by atoms with Gasteiger partial charge in [-0.2, -0.15) is 4.98 Å². The van der Waals surface area contributed by atoms with Gasteiger partial charge in [-0.05, 0) is 39.8 Å². The molecule has 0 bridgehead atoms. The number of nitrogens with zero attached hydrogens (tertiary/aromatic N) is 2. The summed E-state index contributed by atoms with van der Waals surface area (Å²) in [5, 5.41) is 6.53. The van der Waals surface area contributed by atoms with Crippen LogP contribution in [0.25, 0.3) is 0 Å². The third-order valence-corrected chi connectivity index (χ3v) is 2.64. The number of hydrogen-bond acceptors (Lipinski definition) is 6. The molecule has 0 aliphatic heterocycles. The van der Waals surface area contributed by atoms with Gasteiger partial charge in [0.1, 0.15) is 0 Å². The number of hydrogen-bond donors (Lipinski definition) is 1. The van der Waals surface area contributed by atoms with Crippen molar-refractivity contribution in [3.05, 3.63) is 36.0 Å². The number of para-hydroxylation sites is 2. The Balaban J connectivity index is 1.93. The normalized spacial score (nSPS) is 11.1. The number of amides is 1. The Hall–Kier alpha value is -2.57. The van der Waals surface area contributed by atoms with Crippen molar-refractivity contribution in [1.82, 2.24) is 15.5 Å². The summed E-state index contributed by atoms with van der Waals surface area (Å²) in [6.07, 6.45) is 0. The molecule has 124 valence electrons. The van der Waals surface area contributed by atoms with Gasteiger partial charge in [0.15, 0.2) is 30.5 Å². The highest BCUT2D eigenvalue weighted by atomic mass is 16.5. The smallest absolute Gasteiger partial charge is 0.264 e. The number of ether oxygens (including phenoxy) is 2. The van der Waals surface area contributed by atoms with Gasteiger partial charge in [-0.1, -0.05) is 17.3 Å². The van der Waals surface area contributed by atoms with Crippen LogP contribution in [0.1, 0.15) is 32.5 Å². The summed E-state index contributed by atoms with van der Waals surface area (Å²) in [6.45, 7) is 7.52. The minimum Gasteiger partial charge on any atom is -0.480 e. The molecule has 0 saturated heterocycles. The first kappa shape index (κ1) is 16.8. The average Bonchev–Trinajstić information content (AvgIpc) is 2.87. The molecule has 0 aliphatic rings. The number of rotatable bonds is 6.